The van der Waals surface area contributed by atoms with Crippen LogP contribution in [0.25, 0.3) is 11.0 Å². The smallest absolute Gasteiger partial charge is 0.319 e. The first-order valence-corrected chi connectivity index (χ1v) is 8.48. The van der Waals surface area contributed by atoms with E-state index in [1.54, 1.807) is 19.2 Å². The van der Waals surface area contributed by atoms with E-state index in [-0.39, 0.29) is 12.1 Å². The number of carbonyl (C=O) groups is 1. The summed E-state index contributed by atoms with van der Waals surface area (Å²) >= 11 is 0. The number of nitrogens with one attached hydrogen (secondary N) is 2. The van der Waals surface area contributed by atoms with E-state index < -0.39 is 0 Å². The molecule has 3 rings (SSSR count). The maximum atomic E-state index is 12.3. The summed E-state index contributed by atoms with van der Waals surface area (Å²) in [5.74, 6) is 1.95. The Balaban J connectivity index is 1.73. The highest BCUT2D eigenvalue weighted by Crippen LogP contribution is 2.31. The van der Waals surface area contributed by atoms with Gasteiger partial charge in [-0.1, -0.05) is 24.3 Å². The minimum atomic E-state index is -0.340. The van der Waals surface area contributed by atoms with Gasteiger partial charge in [0.15, 0.2) is 11.3 Å². The van der Waals surface area contributed by atoms with Crippen LogP contribution in [0.3, 0.4) is 0 Å². The van der Waals surface area contributed by atoms with E-state index in [0.717, 1.165) is 5.39 Å². The molecule has 0 aliphatic carbocycles. The Hall–Kier alpha value is -3.15. The quantitative estimate of drug-likeness (QED) is 0.672. The Labute approximate surface area is 152 Å². The van der Waals surface area contributed by atoms with E-state index in [0.29, 0.717) is 35.1 Å². The van der Waals surface area contributed by atoms with E-state index in [1.165, 1.54) is 0 Å². The third-order valence-electron chi connectivity index (χ3n) is 3.96. The Bertz CT molecular complexity index is 904. The summed E-state index contributed by atoms with van der Waals surface area (Å²) in [7, 11) is 1.56. The lowest BCUT2D eigenvalue weighted by atomic mass is 10.2. The SMILES string of the molecule is CCOc1cccc2cc(C(C)NC(=O)Nc3ccccc3OC)oc12. The number of urea groups is 1. The van der Waals surface area contributed by atoms with Gasteiger partial charge < -0.3 is 24.5 Å². The zero-order chi connectivity index (χ0) is 18.5. The van der Waals surface area contributed by atoms with Crippen LogP contribution in [0.4, 0.5) is 10.5 Å². The summed E-state index contributed by atoms with van der Waals surface area (Å²) in [6.45, 7) is 4.35. The van der Waals surface area contributed by atoms with Crippen molar-refractivity contribution >= 4 is 22.7 Å². The molecule has 0 bridgehead atoms. The van der Waals surface area contributed by atoms with Crippen molar-refractivity contribution in [1.29, 1.82) is 0 Å². The Morgan fingerprint density at radius 2 is 1.92 bits per heavy atom. The van der Waals surface area contributed by atoms with Crippen LogP contribution in [-0.2, 0) is 0 Å². The second kappa shape index (κ2) is 7.82. The molecular weight excluding hydrogens is 332 g/mol. The van der Waals surface area contributed by atoms with Crippen LogP contribution < -0.4 is 20.1 Å². The molecule has 1 aromatic heterocycles. The Kier molecular flexibility index (Phi) is 5.31. The van der Waals surface area contributed by atoms with Crippen molar-refractivity contribution in [3.8, 4) is 11.5 Å². The number of hydrogen-bond acceptors (Lipinski definition) is 4. The van der Waals surface area contributed by atoms with E-state index in [9.17, 15) is 4.79 Å². The van der Waals surface area contributed by atoms with Gasteiger partial charge in [0.25, 0.3) is 0 Å². The lowest BCUT2D eigenvalue weighted by Gasteiger charge is -2.14. The first kappa shape index (κ1) is 17.7. The fourth-order valence-electron chi connectivity index (χ4n) is 2.71. The van der Waals surface area contributed by atoms with Gasteiger partial charge in [0.1, 0.15) is 11.5 Å². The summed E-state index contributed by atoms with van der Waals surface area (Å²) in [6.07, 6.45) is 0. The van der Waals surface area contributed by atoms with Crippen molar-refractivity contribution in [2.75, 3.05) is 19.0 Å². The molecule has 0 spiro atoms. The molecule has 0 aliphatic heterocycles. The molecule has 3 aromatic rings. The summed E-state index contributed by atoms with van der Waals surface area (Å²) in [5, 5.41) is 6.59. The number of benzene rings is 2. The highest BCUT2D eigenvalue weighted by atomic mass is 16.5. The number of methoxy groups -OCH3 is 1. The molecule has 26 heavy (non-hydrogen) atoms. The standard InChI is InChI=1S/C20H22N2O4/c1-4-25-17-11-7-8-14-12-18(26-19(14)17)13(2)21-20(23)22-15-9-5-6-10-16(15)24-3/h5-13H,4H2,1-3H3,(H2,21,22,23). The zero-order valence-electron chi connectivity index (χ0n) is 15.0. The molecule has 2 N–H and O–H groups in total. The summed E-state index contributed by atoms with van der Waals surface area (Å²) in [5.41, 5.74) is 1.28. The molecule has 0 saturated carbocycles. The zero-order valence-corrected chi connectivity index (χ0v) is 15.0. The van der Waals surface area contributed by atoms with Crippen molar-refractivity contribution in [3.05, 3.63) is 54.3 Å². The van der Waals surface area contributed by atoms with Gasteiger partial charge in [-0.2, -0.15) is 0 Å². The third-order valence-corrected chi connectivity index (χ3v) is 3.96. The maximum Gasteiger partial charge on any atom is 0.319 e. The molecule has 0 fully saturated rings. The molecule has 1 atom stereocenters. The highest BCUT2D eigenvalue weighted by Gasteiger charge is 2.17. The molecule has 2 amide bonds. The van der Waals surface area contributed by atoms with Crippen molar-refractivity contribution in [2.24, 2.45) is 0 Å². The Morgan fingerprint density at radius 1 is 1.15 bits per heavy atom. The fourth-order valence-corrected chi connectivity index (χ4v) is 2.71. The monoisotopic (exact) mass is 354 g/mol. The molecule has 6 heteroatoms. The molecular formula is C20H22N2O4. The second-order valence-corrected chi connectivity index (χ2v) is 5.78. The van der Waals surface area contributed by atoms with E-state index in [4.69, 9.17) is 13.9 Å². The number of para-hydroxylation sites is 3. The van der Waals surface area contributed by atoms with Crippen LogP contribution in [0.5, 0.6) is 11.5 Å². The van der Waals surface area contributed by atoms with Gasteiger partial charge >= 0.3 is 6.03 Å². The van der Waals surface area contributed by atoms with Gasteiger partial charge in [-0.05, 0) is 38.1 Å². The maximum absolute atomic E-state index is 12.3. The number of amides is 2. The van der Waals surface area contributed by atoms with Crippen LogP contribution >= 0.6 is 0 Å². The van der Waals surface area contributed by atoms with Crippen LogP contribution in [0, 0.1) is 0 Å². The fraction of sp³-hybridized carbons (Fsp3) is 0.250. The minimum Gasteiger partial charge on any atom is -0.495 e. The summed E-state index contributed by atoms with van der Waals surface area (Å²) < 4.78 is 16.7. The van der Waals surface area contributed by atoms with Crippen LogP contribution in [-0.4, -0.2) is 19.7 Å². The van der Waals surface area contributed by atoms with Gasteiger partial charge in [0.05, 0.1) is 25.4 Å². The number of hydrogen-bond donors (Lipinski definition) is 2. The van der Waals surface area contributed by atoms with Gasteiger partial charge in [0.2, 0.25) is 0 Å². The van der Waals surface area contributed by atoms with Crippen molar-refractivity contribution in [3.63, 3.8) is 0 Å². The molecule has 0 radical (unpaired) electrons. The van der Waals surface area contributed by atoms with Crippen LogP contribution in [0.2, 0.25) is 0 Å². The first-order valence-electron chi connectivity index (χ1n) is 8.48. The lowest BCUT2D eigenvalue weighted by Crippen LogP contribution is -2.31. The number of fused-ring (bicyclic) bond motifs is 1. The van der Waals surface area contributed by atoms with Crippen molar-refractivity contribution in [1.82, 2.24) is 5.32 Å². The lowest BCUT2D eigenvalue weighted by molar-refractivity contribution is 0.247. The third kappa shape index (κ3) is 3.74. The average molecular weight is 354 g/mol. The van der Waals surface area contributed by atoms with Crippen LogP contribution in [0.15, 0.2) is 52.9 Å². The van der Waals surface area contributed by atoms with E-state index >= 15 is 0 Å². The van der Waals surface area contributed by atoms with Gasteiger partial charge in [-0.15, -0.1) is 0 Å². The number of carbonyl (C=O) groups excluding carboxylic acids is 1. The topological polar surface area (TPSA) is 72.7 Å². The molecule has 0 aliphatic rings. The predicted octanol–water partition coefficient (Wildman–Crippen LogP) is 4.72. The molecule has 2 aromatic carbocycles. The van der Waals surface area contributed by atoms with E-state index in [1.807, 2.05) is 50.2 Å². The molecule has 1 unspecified atom stereocenters. The normalized spacial score (nSPS) is 11.8. The number of furan rings is 1. The first-order chi connectivity index (χ1) is 12.6. The highest BCUT2D eigenvalue weighted by molar-refractivity contribution is 5.91. The molecule has 136 valence electrons. The predicted molar refractivity (Wildman–Crippen MR) is 101 cm³/mol. The summed E-state index contributed by atoms with van der Waals surface area (Å²) in [4.78, 5) is 12.3. The van der Waals surface area contributed by atoms with E-state index in [2.05, 4.69) is 10.6 Å². The van der Waals surface area contributed by atoms with Gasteiger partial charge in [-0.3, -0.25) is 0 Å². The number of rotatable bonds is 6. The van der Waals surface area contributed by atoms with Gasteiger partial charge in [0, 0.05) is 5.39 Å². The van der Waals surface area contributed by atoms with Gasteiger partial charge in [-0.25, -0.2) is 4.79 Å². The largest absolute Gasteiger partial charge is 0.495 e. The molecule has 6 nitrogen and oxygen atoms in total. The number of ether oxygens (including phenoxy) is 2. The molecule has 0 saturated heterocycles. The molecule has 1 heterocycles. The van der Waals surface area contributed by atoms with Crippen molar-refractivity contribution < 1.29 is 18.7 Å². The summed E-state index contributed by atoms with van der Waals surface area (Å²) in [6, 6.07) is 14.2. The number of anilines is 1. The Morgan fingerprint density at radius 3 is 2.69 bits per heavy atom. The minimum absolute atomic E-state index is 0.313. The second-order valence-electron chi connectivity index (χ2n) is 5.78. The van der Waals surface area contributed by atoms with Crippen LogP contribution in [0.1, 0.15) is 25.6 Å². The van der Waals surface area contributed by atoms with Crippen molar-refractivity contribution in [2.45, 2.75) is 19.9 Å². The average Bonchev–Trinajstić information content (AvgIpc) is 3.08.